The number of hydrogen-bond donors (Lipinski definition) is 3. The van der Waals surface area contributed by atoms with E-state index >= 15 is 0 Å². The summed E-state index contributed by atoms with van der Waals surface area (Å²) < 4.78 is 6.44. The van der Waals surface area contributed by atoms with Crippen molar-refractivity contribution in [2.75, 3.05) is 46.4 Å². The Balaban J connectivity index is 1.15. The summed E-state index contributed by atoms with van der Waals surface area (Å²) in [5.74, 6) is 1.00. The van der Waals surface area contributed by atoms with Gasteiger partial charge in [0.2, 0.25) is 0 Å². The molecule has 3 N–H and O–H groups in total. The van der Waals surface area contributed by atoms with Gasteiger partial charge in [0.15, 0.2) is 6.54 Å². The molecular formula is C23H30N4O2S+2. The van der Waals surface area contributed by atoms with E-state index < -0.39 is 0 Å². The van der Waals surface area contributed by atoms with Gasteiger partial charge in [-0.25, -0.2) is 4.98 Å². The molecule has 6 nitrogen and oxygen atoms in total. The Hall–Kier alpha value is -2.48. The number of quaternary nitrogens is 2. The van der Waals surface area contributed by atoms with Crippen LogP contribution in [0.15, 0.2) is 48.5 Å². The molecule has 2 heterocycles. The number of carbonyl (C=O) groups is 1. The maximum Gasteiger partial charge on any atom is 0.275 e. The van der Waals surface area contributed by atoms with E-state index in [1.54, 1.807) is 23.3 Å². The predicted octanol–water partition coefficient (Wildman–Crippen LogP) is -0.0528. The van der Waals surface area contributed by atoms with Crippen molar-refractivity contribution in [3.8, 4) is 5.75 Å². The van der Waals surface area contributed by atoms with E-state index in [1.165, 1.54) is 20.2 Å². The van der Waals surface area contributed by atoms with Crippen LogP contribution in [-0.4, -0.2) is 57.3 Å². The average molecular weight is 427 g/mol. The van der Waals surface area contributed by atoms with E-state index in [4.69, 9.17) is 9.72 Å². The van der Waals surface area contributed by atoms with Crippen molar-refractivity contribution in [3.05, 3.63) is 59.1 Å². The quantitative estimate of drug-likeness (QED) is 0.473. The maximum absolute atomic E-state index is 12.3. The highest BCUT2D eigenvalue weighted by Crippen LogP contribution is 2.20. The summed E-state index contributed by atoms with van der Waals surface area (Å²) in [5.41, 5.74) is 2.31. The molecule has 4 rings (SSSR count). The predicted molar refractivity (Wildman–Crippen MR) is 119 cm³/mol. The van der Waals surface area contributed by atoms with Crippen LogP contribution in [-0.2, 0) is 17.8 Å². The average Bonchev–Trinajstić information content (AvgIpc) is 3.18. The number of thiazole rings is 1. The van der Waals surface area contributed by atoms with Crippen LogP contribution in [0.5, 0.6) is 5.75 Å². The van der Waals surface area contributed by atoms with Crippen LogP contribution in [0.25, 0.3) is 10.2 Å². The Morgan fingerprint density at radius 3 is 2.53 bits per heavy atom. The zero-order valence-electron chi connectivity index (χ0n) is 17.4. The van der Waals surface area contributed by atoms with E-state index in [0.29, 0.717) is 13.1 Å². The molecule has 0 aliphatic carbocycles. The number of amides is 1. The Kier molecular flexibility index (Phi) is 6.94. The maximum atomic E-state index is 12.3. The van der Waals surface area contributed by atoms with Gasteiger partial charge in [0, 0.05) is 6.54 Å². The number of benzene rings is 2. The lowest BCUT2D eigenvalue weighted by Gasteiger charge is -2.28. The molecule has 7 heteroatoms. The highest BCUT2D eigenvalue weighted by molar-refractivity contribution is 7.18. The third-order valence-corrected chi connectivity index (χ3v) is 6.75. The van der Waals surface area contributed by atoms with Crippen molar-refractivity contribution < 1.29 is 19.3 Å². The lowest BCUT2D eigenvalue weighted by atomic mass is 10.1. The van der Waals surface area contributed by atoms with E-state index in [-0.39, 0.29) is 5.91 Å². The second-order valence-corrected chi connectivity index (χ2v) is 8.99. The van der Waals surface area contributed by atoms with Gasteiger partial charge in [-0.1, -0.05) is 24.3 Å². The van der Waals surface area contributed by atoms with Crippen molar-refractivity contribution in [2.45, 2.75) is 13.0 Å². The first-order chi connectivity index (χ1) is 14.7. The number of piperazine rings is 1. The second-order valence-electron chi connectivity index (χ2n) is 7.88. The fourth-order valence-electron chi connectivity index (χ4n) is 3.95. The fourth-order valence-corrected chi connectivity index (χ4v) is 4.99. The molecule has 1 aliphatic heterocycles. The third-order valence-electron chi connectivity index (χ3n) is 5.71. The monoisotopic (exact) mass is 426 g/mol. The molecule has 2 aromatic carbocycles. The van der Waals surface area contributed by atoms with Crippen LogP contribution in [0.2, 0.25) is 0 Å². The minimum Gasteiger partial charge on any atom is -0.497 e. The van der Waals surface area contributed by atoms with Crippen LogP contribution in [0.3, 0.4) is 0 Å². The van der Waals surface area contributed by atoms with Gasteiger partial charge in [-0.05, 0) is 36.2 Å². The molecular weight excluding hydrogens is 396 g/mol. The van der Waals surface area contributed by atoms with Crippen LogP contribution < -0.4 is 19.9 Å². The number of hydrogen-bond acceptors (Lipinski definition) is 4. The molecule has 30 heavy (non-hydrogen) atoms. The summed E-state index contributed by atoms with van der Waals surface area (Å²) in [5, 5.41) is 4.28. The van der Waals surface area contributed by atoms with Crippen molar-refractivity contribution in [2.24, 2.45) is 0 Å². The number of ether oxygens (including phenoxy) is 1. The Bertz CT molecular complexity index is 932. The normalized spacial score (nSPS) is 19.0. The van der Waals surface area contributed by atoms with E-state index in [1.807, 2.05) is 30.3 Å². The minimum absolute atomic E-state index is 0.146. The van der Waals surface area contributed by atoms with Gasteiger partial charge in [-0.15, -0.1) is 11.3 Å². The number of para-hydroxylation sites is 1. The molecule has 1 amide bonds. The van der Waals surface area contributed by atoms with Crippen molar-refractivity contribution in [1.29, 1.82) is 0 Å². The molecule has 1 saturated heterocycles. The minimum atomic E-state index is 0.146. The molecule has 0 atom stereocenters. The first-order valence-corrected chi connectivity index (χ1v) is 11.4. The van der Waals surface area contributed by atoms with Crippen LogP contribution >= 0.6 is 11.3 Å². The SMILES string of the molecule is COc1ccc(CCNC(=O)C[NH+]2CC[NH+](Cc3nc4ccccc4s3)CC2)cc1. The molecule has 1 fully saturated rings. The Morgan fingerprint density at radius 2 is 1.80 bits per heavy atom. The van der Waals surface area contributed by atoms with Gasteiger partial charge < -0.3 is 19.9 Å². The molecule has 1 aromatic heterocycles. The number of carbonyl (C=O) groups excluding carboxylic acids is 1. The summed E-state index contributed by atoms with van der Waals surface area (Å²) in [7, 11) is 1.67. The van der Waals surface area contributed by atoms with Crippen LogP contribution in [0, 0.1) is 0 Å². The first-order valence-electron chi connectivity index (χ1n) is 10.6. The summed E-state index contributed by atoms with van der Waals surface area (Å²) in [4.78, 5) is 20.0. The number of nitrogens with zero attached hydrogens (tertiary/aromatic N) is 1. The number of aromatic nitrogens is 1. The van der Waals surface area contributed by atoms with Gasteiger partial charge in [0.1, 0.15) is 43.5 Å². The van der Waals surface area contributed by atoms with E-state index in [0.717, 1.165) is 50.4 Å². The highest BCUT2D eigenvalue weighted by atomic mass is 32.1. The summed E-state index contributed by atoms with van der Waals surface area (Å²) in [6.07, 6.45) is 0.838. The van der Waals surface area contributed by atoms with Crippen LogP contribution in [0.1, 0.15) is 10.6 Å². The van der Waals surface area contributed by atoms with Crippen LogP contribution in [0.4, 0.5) is 0 Å². The number of rotatable bonds is 8. The number of methoxy groups -OCH3 is 1. The smallest absolute Gasteiger partial charge is 0.275 e. The molecule has 0 saturated carbocycles. The first kappa shape index (κ1) is 20.8. The molecule has 0 bridgehead atoms. The Labute approximate surface area is 181 Å². The van der Waals surface area contributed by atoms with E-state index in [2.05, 4.69) is 23.5 Å². The molecule has 3 aromatic rings. The lowest BCUT2D eigenvalue weighted by molar-refractivity contribution is -1.02. The lowest BCUT2D eigenvalue weighted by Crippen LogP contribution is -3.28. The van der Waals surface area contributed by atoms with Gasteiger partial charge in [0.25, 0.3) is 5.91 Å². The molecule has 0 spiro atoms. The molecule has 0 unspecified atom stereocenters. The van der Waals surface area contributed by atoms with Crippen molar-refractivity contribution >= 4 is 27.5 Å². The zero-order chi connectivity index (χ0) is 20.8. The summed E-state index contributed by atoms with van der Waals surface area (Å²) in [6, 6.07) is 16.3. The van der Waals surface area contributed by atoms with E-state index in [9.17, 15) is 4.79 Å². The second kappa shape index (κ2) is 10.0. The van der Waals surface area contributed by atoms with Crippen molar-refractivity contribution in [1.82, 2.24) is 10.3 Å². The van der Waals surface area contributed by atoms with Gasteiger partial charge >= 0.3 is 0 Å². The van der Waals surface area contributed by atoms with Gasteiger partial charge in [-0.2, -0.15) is 0 Å². The highest BCUT2D eigenvalue weighted by Gasteiger charge is 2.25. The standard InChI is InChI=1S/C23H28N4O2S/c1-29-19-8-6-18(7-9-19)10-11-24-22(28)16-26-12-14-27(15-13-26)17-23-25-20-4-2-3-5-21(20)30-23/h2-9H,10-17H2,1H3,(H,24,28)/p+2. The third kappa shape index (κ3) is 5.56. The summed E-state index contributed by atoms with van der Waals surface area (Å²) >= 11 is 1.80. The zero-order valence-corrected chi connectivity index (χ0v) is 18.3. The van der Waals surface area contributed by atoms with Crippen molar-refractivity contribution in [3.63, 3.8) is 0 Å². The topological polar surface area (TPSA) is 60.1 Å². The summed E-state index contributed by atoms with van der Waals surface area (Å²) in [6.45, 7) is 6.47. The number of fused-ring (bicyclic) bond motifs is 1. The molecule has 0 radical (unpaired) electrons. The van der Waals surface area contributed by atoms with Gasteiger partial charge in [0.05, 0.1) is 17.3 Å². The molecule has 1 aliphatic rings. The largest absolute Gasteiger partial charge is 0.497 e. The number of nitrogens with one attached hydrogen (secondary N) is 3. The molecule has 158 valence electrons. The van der Waals surface area contributed by atoms with Gasteiger partial charge in [-0.3, -0.25) is 4.79 Å². The Morgan fingerprint density at radius 1 is 1.07 bits per heavy atom. The fraction of sp³-hybridized carbons (Fsp3) is 0.391.